The van der Waals surface area contributed by atoms with Crippen LogP contribution in [0.4, 0.5) is 5.69 Å². The van der Waals surface area contributed by atoms with Gasteiger partial charge in [-0.2, -0.15) is 0 Å². The molecular formula is C32H34Cl2N2O5. The van der Waals surface area contributed by atoms with Gasteiger partial charge in [-0.25, -0.2) is 4.90 Å². The number of aryl methyl sites for hydroxylation is 2. The lowest BCUT2D eigenvalue weighted by atomic mass is 10.00. The number of carbonyl (C=O) groups excluding carboxylic acids is 3. The Balaban J connectivity index is 0.000000194. The van der Waals surface area contributed by atoms with E-state index >= 15 is 0 Å². The minimum absolute atomic E-state index is 0.159. The van der Waals surface area contributed by atoms with Crippen LogP contribution < -0.4 is 15.0 Å². The van der Waals surface area contributed by atoms with E-state index in [1.807, 2.05) is 64.1 Å². The van der Waals surface area contributed by atoms with Gasteiger partial charge in [0.15, 0.2) is 6.10 Å². The Morgan fingerprint density at radius 2 is 1.59 bits per heavy atom. The summed E-state index contributed by atoms with van der Waals surface area (Å²) in [5, 5.41) is 3.45. The number of benzene rings is 3. The fourth-order valence-electron chi connectivity index (χ4n) is 5.22. The van der Waals surface area contributed by atoms with E-state index in [-0.39, 0.29) is 17.7 Å². The third-order valence-electron chi connectivity index (χ3n) is 8.04. The zero-order valence-corrected chi connectivity index (χ0v) is 25.5. The zero-order valence-electron chi connectivity index (χ0n) is 24.0. The van der Waals surface area contributed by atoms with Crippen molar-refractivity contribution in [2.45, 2.75) is 46.8 Å². The molecule has 1 heterocycles. The third-order valence-corrected chi connectivity index (χ3v) is 8.48. The molecule has 3 amide bonds. The Hall–Kier alpha value is -3.39. The number of piperidine rings is 1. The SMILES string of the molecule is CC12CC1(C)C(=O)N(c1cc(Cl)cc(Cl)c1)C2=O.CNC(=O)C(OC)c1ccccc1COc1cc(C)ccc1C. The lowest BCUT2D eigenvalue weighted by Crippen LogP contribution is -2.35. The van der Waals surface area contributed by atoms with E-state index in [1.165, 1.54) is 12.0 Å². The second-order valence-electron chi connectivity index (χ2n) is 10.9. The predicted octanol–water partition coefficient (Wildman–Crippen LogP) is 6.60. The number of imide groups is 1. The zero-order chi connectivity index (χ0) is 30.1. The fourth-order valence-corrected chi connectivity index (χ4v) is 5.74. The molecule has 1 saturated heterocycles. The molecule has 1 N–H and O–H groups in total. The Labute approximate surface area is 250 Å². The number of amides is 3. The molecule has 41 heavy (non-hydrogen) atoms. The molecule has 2 aliphatic rings. The first-order valence-corrected chi connectivity index (χ1v) is 14.0. The number of carbonyl (C=O) groups is 3. The van der Waals surface area contributed by atoms with Crippen LogP contribution in [0.25, 0.3) is 0 Å². The molecule has 7 nitrogen and oxygen atoms in total. The van der Waals surface area contributed by atoms with E-state index in [4.69, 9.17) is 32.7 Å². The second kappa shape index (κ2) is 11.8. The highest BCUT2D eigenvalue weighted by atomic mass is 35.5. The van der Waals surface area contributed by atoms with Crippen molar-refractivity contribution in [3.63, 3.8) is 0 Å². The molecule has 0 radical (unpaired) electrons. The van der Waals surface area contributed by atoms with E-state index in [0.29, 0.717) is 28.8 Å². The summed E-state index contributed by atoms with van der Waals surface area (Å²) in [6.07, 6.45) is -0.0129. The van der Waals surface area contributed by atoms with E-state index in [9.17, 15) is 14.4 Å². The van der Waals surface area contributed by atoms with Crippen molar-refractivity contribution in [1.82, 2.24) is 5.32 Å². The van der Waals surface area contributed by atoms with E-state index in [1.54, 1.807) is 25.2 Å². The predicted molar refractivity (Wildman–Crippen MR) is 160 cm³/mol. The van der Waals surface area contributed by atoms with Crippen LogP contribution in [0.2, 0.25) is 10.0 Å². The molecule has 3 aromatic carbocycles. The number of ether oxygens (including phenoxy) is 2. The van der Waals surface area contributed by atoms with Crippen molar-refractivity contribution in [1.29, 1.82) is 0 Å². The summed E-state index contributed by atoms with van der Waals surface area (Å²) < 4.78 is 11.3. The molecule has 216 valence electrons. The molecule has 0 aromatic heterocycles. The minimum atomic E-state index is -0.640. The van der Waals surface area contributed by atoms with Crippen molar-refractivity contribution < 1.29 is 23.9 Å². The summed E-state index contributed by atoms with van der Waals surface area (Å²) in [5.41, 5.74) is 3.33. The summed E-state index contributed by atoms with van der Waals surface area (Å²) in [7, 11) is 3.13. The largest absolute Gasteiger partial charge is 0.489 e. The van der Waals surface area contributed by atoms with Gasteiger partial charge >= 0.3 is 0 Å². The summed E-state index contributed by atoms with van der Waals surface area (Å²) >= 11 is 11.8. The summed E-state index contributed by atoms with van der Waals surface area (Å²) in [6.45, 7) is 8.10. The van der Waals surface area contributed by atoms with Crippen LogP contribution in [0.15, 0.2) is 60.7 Å². The van der Waals surface area contributed by atoms with E-state index in [0.717, 1.165) is 28.0 Å². The molecule has 0 spiro atoms. The van der Waals surface area contributed by atoms with Crippen molar-refractivity contribution >= 4 is 46.6 Å². The number of nitrogens with one attached hydrogen (secondary N) is 1. The first kappa shape index (κ1) is 30.6. The lowest BCUT2D eigenvalue weighted by Gasteiger charge is -2.19. The van der Waals surface area contributed by atoms with Gasteiger partial charge in [-0.05, 0) is 80.6 Å². The topological polar surface area (TPSA) is 84.9 Å². The van der Waals surface area contributed by atoms with Crippen LogP contribution in [0.1, 0.15) is 48.6 Å². The first-order chi connectivity index (χ1) is 19.4. The van der Waals surface area contributed by atoms with Crippen LogP contribution in [0.3, 0.4) is 0 Å². The number of halogens is 2. The highest BCUT2D eigenvalue weighted by Gasteiger charge is 2.77. The molecular weight excluding hydrogens is 563 g/mol. The number of likely N-dealkylation sites (N-methyl/N-ethyl adjacent to an activating group) is 1. The Morgan fingerprint density at radius 3 is 2.17 bits per heavy atom. The first-order valence-electron chi connectivity index (χ1n) is 13.2. The number of hydrogen-bond donors (Lipinski definition) is 1. The molecule has 3 unspecified atom stereocenters. The number of anilines is 1. The summed E-state index contributed by atoms with van der Waals surface area (Å²) in [6, 6.07) is 18.5. The molecule has 0 bridgehead atoms. The maximum Gasteiger partial charge on any atom is 0.253 e. The smallest absolute Gasteiger partial charge is 0.253 e. The lowest BCUT2D eigenvalue weighted by molar-refractivity contribution is -0.131. The normalized spacial score (nSPS) is 21.5. The van der Waals surface area contributed by atoms with E-state index < -0.39 is 16.9 Å². The van der Waals surface area contributed by atoms with Crippen LogP contribution in [-0.2, 0) is 25.7 Å². The highest BCUT2D eigenvalue weighted by molar-refractivity contribution is 6.36. The van der Waals surface area contributed by atoms with Crippen LogP contribution in [-0.4, -0.2) is 31.9 Å². The van der Waals surface area contributed by atoms with Crippen molar-refractivity contribution in [2.24, 2.45) is 10.8 Å². The molecule has 9 heteroatoms. The van der Waals surface area contributed by atoms with Gasteiger partial charge < -0.3 is 14.8 Å². The maximum atomic E-state index is 12.3. The van der Waals surface area contributed by atoms with Gasteiger partial charge in [-0.15, -0.1) is 0 Å². The van der Waals surface area contributed by atoms with Gasteiger partial charge in [0.05, 0.1) is 16.5 Å². The van der Waals surface area contributed by atoms with Gasteiger partial charge in [0.1, 0.15) is 12.4 Å². The number of methoxy groups -OCH3 is 1. The number of fused-ring (bicyclic) bond motifs is 1. The molecule has 3 atom stereocenters. The fraction of sp³-hybridized carbons (Fsp3) is 0.344. The van der Waals surface area contributed by atoms with Crippen molar-refractivity contribution in [2.75, 3.05) is 19.1 Å². The van der Waals surface area contributed by atoms with Crippen LogP contribution >= 0.6 is 23.2 Å². The van der Waals surface area contributed by atoms with Crippen LogP contribution in [0.5, 0.6) is 5.75 Å². The summed E-state index contributed by atoms with van der Waals surface area (Å²) in [4.78, 5) is 37.9. The minimum Gasteiger partial charge on any atom is -0.489 e. The number of hydrogen-bond acceptors (Lipinski definition) is 5. The van der Waals surface area contributed by atoms with Crippen molar-refractivity contribution in [3.05, 3.63) is 93.0 Å². The van der Waals surface area contributed by atoms with Crippen molar-refractivity contribution in [3.8, 4) is 5.75 Å². The Kier molecular flexibility index (Phi) is 8.83. The number of rotatable bonds is 7. The quantitative estimate of drug-likeness (QED) is 0.311. The standard InChI is InChI=1S/C19H23NO3.C13H11Cl2NO2/c1-13-9-10-14(2)17(11-13)23-12-15-7-5-6-8-16(15)18(22-4)19(21)20-3;1-12-6-13(12,2)11(18)16(10(12)17)9-4-7(14)3-8(15)5-9/h5-11,18H,12H2,1-4H3,(H,20,21);3-5H,6H2,1-2H3. The van der Waals surface area contributed by atoms with Gasteiger partial charge in [0.2, 0.25) is 11.8 Å². The van der Waals surface area contributed by atoms with Gasteiger partial charge in [0.25, 0.3) is 5.91 Å². The molecule has 5 rings (SSSR count). The highest BCUT2D eigenvalue weighted by Crippen LogP contribution is 2.69. The van der Waals surface area contributed by atoms with E-state index in [2.05, 4.69) is 11.4 Å². The monoisotopic (exact) mass is 596 g/mol. The molecule has 1 aliphatic carbocycles. The van der Waals surface area contributed by atoms with Gasteiger partial charge in [-0.3, -0.25) is 14.4 Å². The van der Waals surface area contributed by atoms with Gasteiger partial charge in [-0.1, -0.05) is 59.6 Å². The Bertz CT molecular complexity index is 1460. The average molecular weight is 598 g/mol. The molecule has 3 aromatic rings. The number of nitrogens with zero attached hydrogens (tertiary/aromatic N) is 1. The third kappa shape index (κ3) is 5.85. The molecule has 2 fully saturated rings. The molecule has 1 aliphatic heterocycles. The molecule has 1 saturated carbocycles. The van der Waals surface area contributed by atoms with Gasteiger partial charge in [0, 0.05) is 24.2 Å². The maximum absolute atomic E-state index is 12.3. The Morgan fingerprint density at radius 1 is 0.976 bits per heavy atom. The average Bonchev–Trinajstić information content (AvgIpc) is 3.48. The second-order valence-corrected chi connectivity index (χ2v) is 11.8. The summed E-state index contributed by atoms with van der Waals surface area (Å²) in [5.74, 6) is 0.363. The van der Waals surface area contributed by atoms with Crippen LogP contribution in [0, 0.1) is 24.7 Å².